The standard InChI is InChI=1S/C35H37F3N10O4S/c1-20-15-26(47-32(43-20)39-18-41-47)44-28(30(49)51-5)22-7-11-24(12-8-22)34(3,4)17-46-21(2)16-27(48-33(46)40-19-42-48)45-29(31(50)52-6)23-9-13-25(14-10-23)53-35(36,37)38/h7-16,18-19,21,28-29,44-45H,17H2,1-6H3. The van der Waals surface area contributed by atoms with E-state index in [9.17, 15) is 22.8 Å². The lowest BCUT2D eigenvalue weighted by atomic mass is 9.83. The lowest BCUT2D eigenvalue weighted by Crippen LogP contribution is -2.46. The Morgan fingerprint density at radius 1 is 0.906 bits per heavy atom. The zero-order chi connectivity index (χ0) is 38.1. The van der Waals surface area contributed by atoms with E-state index in [1.54, 1.807) is 10.7 Å². The molecule has 0 amide bonds. The number of thioether (sulfide) groups is 1. The largest absolute Gasteiger partial charge is 0.467 e. The number of hydrogen-bond donors (Lipinski definition) is 2. The van der Waals surface area contributed by atoms with Gasteiger partial charge in [-0.15, -0.1) is 0 Å². The Morgan fingerprint density at radius 2 is 1.51 bits per heavy atom. The molecule has 6 rings (SSSR count). The van der Waals surface area contributed by atoms with Gasteiger partial charge in [0.1, 0.15) is 24.3 Å². The number of aryl methyl sites for hydroxylation is 1. The molecule has 14 nitrogen and oxygen atoms in total. The zero-order valence-corrected chi connectivity index (χ0v) is 30.4. The number of carbonyl (C=O) groups excluding carboxylic acids is 2. The Morgan fingerprint density at radius 3 is 2.13 bits per heavy atom. The molecule has 1 aliphatic heterocycles. The van der Waals surface area contributed by atoms with Gasteiger partial charge in [0.15, 0.2) is 12.1 Å². The summed E-state index contributed by atoms with van der Waals surface area (Å²) < 4.78 is 51.9. The number of methoxy groups -OCH3 is 2. The van der Waals surface area contributed by atoms with Crippen LogP contribution in [0, 0.1) is 6.92 Å². The maximum atomic E-state index is 13.0. The van der Waals surface area contributed by atoms with Crippen LogP contribution in [0.3, 0.4) is 0 Å². The smallest absolute Gasteiger partial charge is 0.446 e. The Kier molecular flexibility index (Phi) is 10.3. The van der Waals surface area contributed by atoms with Gasteiger partial charge < -0.3 is 25.0 Å². The Hall–Kier alpha value is -5.65. The fourth-order valence-corrected chi connectivity index (χ4v) is 6.66. The van der Waals surface area contributed by atoms with Crippen LogP contribution in [0.1, 0.15) is 55.2 Å². The molecule has 53 heavy (non-hydrogen) atoms. The van der Waals surface area contributed by atoms with E-state index in [0.717, 1.165) is 5.56 Å². The fraction of sp³-hybridized carbons (Fsp3) is 0.343. The molecule has 3 unspecified atom stereocenters. The van der Waals surface area contributed by atoms with E-state index in [0.29, 0.717) is 46.7 Å². The van der Waals surface area contributed by atoms with Crippen molar-refractivity contribution in [2.45, 2.75) is 61.6 Å². The highest BCUT2D eigenvalue weighted by Crippen LogP contribution is 2.38. The summed E-state index contributed by atoms with van der Waals surface area (Å²) >= 11 is -0.233. The van der Waals surface area contributed by atoms with E-state index < -0.39 is 34.9 Å². The van der Waals surface area contributed by atoms with Gasteiger partial charge in [-0.05, 0) is 60.5 Å². The van der Waals surface area contributed by atoms with Crippen LogP contribution < -0.4 is 15.5 Å². The Bertz CT molecular complexity index is 2130. The number of hydrogen-bond acceptors (Lipinski definition) is 13. The Balaban J connectivity index is 1.21. The highest BCUT2D eigenvalue weighted by molar-refractivity contribution is 8.00. The second-order valence-corrected chi connectivity index (χ2v) is 14.1. The van der Waals surface area contributed by atoms with E-state index in [-0.39, 0.29) is 22.7 Å². The highest BCUT2D eigenvalue weighted by Gasteiger charge is 2.35. The lowest BCUT2D eigenvalue weighted by molar-refractivity contribution is -0.143. The minimum absolute atomic E-state index is 0.00404. The number of nitrogens with zero attached hydrogens (tertiary/aromatic N) is 8. The lowest BCUT2D eigenvalue weighted by Gasteiger charge is -2.39. The number of esters is 2. The number of carbonyl (C=O) groups is 2. The molecule has 3 atom stereocenters. The van der Waals surface area contributed by atoms with Crippen molar-refractivity contribution in [3.63, 3.8) is 0 Å². The summed E-state index contributed by atoms with van der Waals surface area (Å²) in [7, 11) is 2.57. The van der Waals surface area contributed by atoms with Crippen LogP contribution in [-0.4, -0.2) is 78.6 Å². The van der Waals surface area contributed by atoms with E-state index in [4.69, 9.17) is 9.47 Å². The van der Waals surface area contributed by atoms with Crippen LogP contribution >= 0.6 is 11.8 Å². The number of alkyl halides is 3. The minimum atomic E-state index is -4.43. The summed E-state index contributed by atoms with van der Waals surface area (Å²) in [5.41, 5.74) is -2.08. The number of ether oxygens (including phenoxy) is 2. The zero-order valence-electron chi connectivity index (χ0n) is 29.6. The van der Waals surface area contributed by atoms with Gasteiger partial charge in [0.2, 0.25) is 5.95 Å². The van der Waals surface area contributed by atoms with E-state index in [1.807, 2.05) is 44.2 Å². The first-order valence-corrected chi connectivity index (χ1v) is 17.2. The molecule has 1 aliphatic rings. The molecule has 0 radical (unpaired) electrons. The van der Waals surface area contributed by atoms with Crippen LogP contribution in [0.15, 0.2) is 78.2 Å². The third-order valence-electron chi connectivity index (χ3n) is 8.78. The summed E-state index contributed by atoms with van der Waals surface area (Å²) in [6.07, 6.45) is 4.69. The maximum Gasteiger partial charge on any atom is 0.446 e. The van der Waals surface area contributed by atoms with E-state index >= 15 is 0 Å². The van der Waals surface area contributed by atoms with Crippen molar-refractivity contribution in [1.82, 2.24) is 39.7 Å². The second kappa shape index (κ2) is 14.8. The molecule has 2 aromatic carbocycles. The first-order valence-electron chi connectivity index (χ1n) is 16.4. The molecule has 0 spiro atoms. The molecule has 4 heterocycles. The van der Waals surface area contributed by atoms with Crippen LogP contribution in [0.4, 0.5) is 24.9 Å². The van der Waals surface area contributed by atoms with Gasteiger partial charge in [0.25, 0.3) is 5.78 Å². The van der Waals surface area contributed by atoms with Gasteiger partial charge in [-0.3, -0.25) is 0 Å². The number of nitrogens with one attached hydrogen (secondary N) is 2. The van der Waals surface area contributed by atoms with Crippen molar-refractivity contribution in [3.8, 4) is 0 Å². The number of halogens is 3. The van der Waals surface area contributed by atoms with Crippen LogP contribution in [0.25, 0.3) is 11.6 Å². The van der Waals surface area contributed by atoms with E-state index in [2.05, 4.69) is 54.5 Å². The van der Waals surface area contributed by atoms with Crippen molar-refractivity contribution in [2.75, 3.05) is 31.0 Å². The third kappa shape index (κ3) is 8.06. The molecule has 3 aromatic heterocycles. The van der Waals surface area contributed by atoms with Crippen molar-refractivity contribution in [3.05, 3.63) is 95.7 Å². The monoisotopic (exact) mass is 750 g/mol. The van der Waals surface area contributed by atoms with Gasteiger partial charge in [-0.2, -0.15) is 42.5 Å². The number of fused-ring (bicyclic) bond motifs is 2. The van der Waals surface area contributed by atoms with Crippen molar-refractivity contribution in [1.29, 1.82) is 0 Å². The van der Waals surface area contributed by atoms with Crippen LogP contribution in [-0.2, 0) is 24.5 Å². The van der Waals surface area contributed by atoms with Gasteiger partial charge >= 0.3 is 17.4 Å². The summed E-state index contributed by atoms with van der Waals surface area (Å²) in [6, 6.07) is 12.9. The summed E-state index contributed by atoms with van der Waals surface area (Å²) in [5.74, 6) is 0.802. The molecule has 0 saturated heterocycles. The van der Waals surface area contributed by atoms with E-state index in [1.165, 1.54) is 55.7 Å². The van der Waals surface area contributed by atoms with Crippen molar-refractivity contribution < 1.29 is 32.2 Å². The van der Waals surface area contributed by atoms with Gasteiger partial charge in [-0.1, -0.05) is 50.2 Å². The highest BCUT2D eigenvalue weighted by atomic mass is 32.2. The SMILES string of the molecule is COC(=O)C(NC1=CC(C)N(CC(C)(C)c2ccc(C(Nc3cc(C)nc4ncnn34)C(=O)OC)cc2)c2ncnn21)c1ccc(SC(F)(F)F)cc1. The number of rotatable bonds is 12. The molecule has 0 fully saturated rings. The first kappa shape index (κ1) is 37.1. The molecular formula is C35H37F3N10O4S. The first-order chi connectivity index (χ1) is 25.2. The summed E-state index contributed by atoms with van der Waals surface area (Å²) in [4.78, 5) is 41.0. The topological polar surface area (TPSA) is 154 Å². The maximum absolute atomic E-state index is 13.0. The predicted octanol–water partition coefficient (Wildman–Crippen LogP) is 5.45. The summed E-state index contributed by atoms with van der Waals surface area (Å²) in [5, 5.41) is 15.0. The van der Waals surface area contributed by atoms with Crippen LogP contribution in [0.2, 0.25) is 0 Å². The molecule has 18 heteroatoms. The second-order valence-electron chi connectivity index (χ2n) is 13.0. The third-order valence-corrected chi connectivity index (χ3v) is 9.52. The average molecular weight is 751 g/mol. The number of anilines is 2. The van der Waals surface area contributed by atoms with Gasteiger partial charge in [0.05, 0.1) is 20.3 Å². The average Bonchev–Trinajstić information content (AvgIpc) is 3.81. The molecule has 0 bridgehead atoms. The Labute approximate surface area is 306 Å². The molecule has 5 aromatic rings. The van der Waals surface area contributed by atoms with Gasteiger partial charge in [-0.25, -0.2) is 14.6 Å². The number of benzene rings is 2. The predicted molar refractivity (Wildman–Crippen MR) is 191 cm³/mol. The van der Waals surface area contributed by atoms with Gasteiger partial charge in [0, 0.05) is 28.6 Å². The fourth-order valence-electron chi connectivity index (χ4n) is 6.12. The molecule has 278 valence electrons. The normalized spacial score (nSPS) is 15.7. The molecule has 0 saturated carbocycles. The van der Waals surface area contributed by atoms with Crippen LogP contribution in [0.5, 0.6) is 0 Å². The quantitative estimate of drug-likeness (QED) is 0.123. The molecule has 2 N–H and O–H groups in total. The molecule has 0 aliphatic carbocycles. The minimum Gasteiger partial charge on any atom is -0.467 e. The van der Waals surface area contributed by atoms with Crippen molar-refractivity contribution in [2.24, 2.45) is 0 Å². The number of aromatic nitrogens is 7. The molecular weight excluding hydrogens is 714 g/mol. The van der Waals surface area contributed by atoms with Crippen molar-refractivity contribution >= 4 is 47.1 Å². The summed E-state index contributed by atoms with van der Waals surface area (Å²) in [6.45, 7) is 8.51.